The molecule has 1 N–H and O–H groups in total. The summed E-state index contributed by atoms with van der Waals surface area (Å²) < 4.78 is 0. The Labute approximate surface area is 109 Å². The third-order valence-corrected chi connectivity index (χ3v) is 2.71. The molecule has 0 saturated carbocycles. The van der Waals surface area contributed by atoms with E-state index in [1.807, 2.05) is 42.5 Å². The molecule has 0 aromatic heterocycles. The van der Waals surface area contributed by atoms with Gasteiger partial charge in [-0.1, -0.05) is 68.3 Å². The second kappa shape index (κ2) is 8.29. The van der Waals surface area contributed by atoms with Gasteiger partial charge in [0.15, 0.2) is 0 Å². The van der Waals surface area contributed by atoms with Gasteiger partial charge in [-0.2, -0.15) is 0 Å². The van der Waals surface area contributed by atoms with Crippen LogP contribution in [0.4, 0.5) is 0 Å². The fourth-order valence-electron chi connectivity index (χ4n) is 1.67. The summed E-state index contributed by atoms with van der Waals surface area (Å²) in [7, 11) is 0. The van der Waals surface area contributed by atoms with Crippen molar-refractivity contribution in [1.82, 2.24) is 0 Å². The molecule has 0 saturated heterocycles. The Balaban J connectivity index is 2.60. The molecular formula is C16H20O2. The van der Waals surface area contributed by atoms with Crippen LogP contribution in [0.25, 0.3) is 6.08 Å². The summed E-state index contributed by atoms with van der Waals surface area (Å²) in [6.45, 7) is 2.11. The normalized spacial score (nSPS) is 11.9. The molecule has 18 heavy (non-hydrogen) atoms. The number of aliphatic carboxylic acids is 1. The van der Waals surface area contributed by atoms with Crippen LogP contribution in [0.2, 0.25) is 0 Å². The third-order valence-electron chi connectivity index (χ3n) is 2.71. The van der Waals surface area contributed by atoms with Gasteiger partial charge in [-0.15, -0.1) is 0 Å². The lowest BCUT2D eigenvalue weighted by Crippen LogP contribution is -2.00. The quantitative estimate of drug-likeness (QED) is 0.441. The smallest absolute Gasteiger partial charge is 0.331 e. The highest BCUT2D eigenvalue weighted by atomic mass is 16.4. The Bertz CT molecular complexity index is 416. The van der Waals surface area contributed by atoms with Gasteiger partial charge in [0.2, 0.25) is 0 Å². The van der Waals surface area contributed by atoms with Crippen LogP contribution in [0.15, 0.2) is 48.1 Å². The van der Waals surface area contributed by atoms with Crippen molar-refractivity contribution in [2.45, 2.75) is 32.6 Å². The maximum Gasteiger partial charge on any atom is 0.331 e. The summed E-state index contributed by atoms with van der Waals surface area (Å²) >= 11 is 0. The van der Waals surface area contributed by atoms with E-state index in [4.69, 9.17) is 5.11 Å². The van der Waals surface area contributed by atoms with E-state index in [0.29, 0.717) is 12.0 Å². The lowest BCUT2D eigenvalue weighted by molar-refractivity contribution is -0.132. The molecule has 0 bridgehead atoms. The molecule has 96 valence electrons. The molecule has 1 rings (SSSR count). The minimum Gasteiger partial charge on any atom is -0.478 e. The minimum absolute atomic E-state index is 0.482. The molecule has 0 aliphatic carbocycles. The summed E-state index contributed by atoms with van der Waals surface area (Å²) in [5, 5.41) is 9.07. The first-order chi connectivity index (χ1) is 8.74. The fourth-order valence-corrected chi connectivity index (χ4v) is 1.67. The zero-order chi connectivity index (χ0) is 13.2. The minimum atomic E-state index is -0.816. The second-order valence-electron chi connectivity index (χ2n) is 4.22. The van der Waals surface area contributed by atoms with Crippen LogP contribution in [-0.4, -0.2) is 11.1 Å². The molecule has 0 atom stereocenters. The predicted octanol–water partition coefficient (Wildman–Crippen LogP) is 4.29. The number of carboxylic acids is 1. The van der Waals surface area contributed by atoms with Crippen molar-refractivity contribution < 1.29 is 9.90 Å². The van der Waals surface area contributed by atoms with E-state index in [0.717, 1.165) is 24.8 Å². The first-order valence-electron chi connectivity index (χ1n) is 6.39. The topological polar surface area (TPSA) is 37.3 Å². The Morgan fingerprint density at radius 1 is 1.22 bits per heavy atom. The maximum absolute atomic E-state index is 11.0. The van der Waals surface area contributed by atoms with Gasteiger partial charge in [0.1, 0.15) is 0 Å². The van der Waals surface area contributed by atoms with Crippen LogP contribution in [-0.2, 0) is 4.79 Å². The number of benzene rings is 1. The van der Waals surface area contributed by atoms with Gasteiger partial charge in [-0.05, 0) is 18.4 Å². The van der Waals surface area contributed by atoms with Gasteiger partial charge in [-0.25, -0.2) is 4.79 Å². The Morgan fingerprint density at radius 2 is 1.94 bits per heavy atom. The van der Waals surface area contributed by atoms with Crippen LogP contribution >= 0.6 is 0 Å². The highest BCUT2D eigenvalue weighted by Crippen LogP contribution is 2.10. The Kier molecular flexibility index (Phi) is 6.55. The molecule has 0 amide bonds. The van der Waals surface area contributed by atoms with Crippen LogP contribution in [0.3, 0.4) is 0 Å². The van der Waals surface area contributed by atoms with Crippen molar-refractivity contribution in [3.8, 4) is 0 Å². The van der Waals surface area contributed by atoms with E-state index in [2.05, 4.69) is 6.92 Å². The zero-order valence-electron chi connectivity index (χ0n) is 10.8. The van der Waals surface area contributed by atoms with E-state index in [1.165, 1.54) is 0 Å². The first kappa shape index (κ1) is 14.2. The van der Waals surface area contributed by atoms with E-state index in [1.54, 1.807) is 6.08 Å². The van der Waals surface area contributed by atoms with Gasteiger partial charge in [-0.3, -0.25) is 0 Å². The van der Waals surface area contributed by atoms with E-state index < -0.39 is 5.97 Å². The van der Waals surface area contributed by atoms with Gasteiger partial charge < -0.3 is 5.11 Å². The molecule has 0 aliphatic heterocycles. The SMILES string of the molecule is CCCCCC(=CC=Cc1ccccc1)C(=O)O. The van der Waals surface area contributed by atoms with Crippen molar-refractivity contribution in [1.29, 1.82) is 0 Å². The average molecular weight is 244 g/mol. The molecule has 2 nitrogen and oxygen atoms in total. The third kappa shape index (κ3) is 5.48. The standard InChI is InChI=1S/C16H20O2/c1-2-3-5-12-15(16(17)18)13-8-11-14-9-6-4-7-10-14/h4,6-11,13H,2-3,5,12H2,1H3,(H,17,18). The number of unbranched alkanes of at least 4 members (excludes halogenated alkanes) is 2. The van der Waals surface area contributed by atoms with Gasteiger partial charge in [0.25, 0.3) is 0 Å². The van der Waals surface area contributed by atoms with Crippen molar-refractivity contribution in [2.75, 3.05) is 0 Å². The second-order valence-corrected chi connectivity index (χ2v) is 4.22. The summed E-state index contributed by atoms with van der Waals surface area (Å²) in [6.07, 6.45) is 9.19. The average Bonchev–Trinajstić information content (AvgIpc) is 2.38. The molecular weight excluding hydrogens is 224 g/mol. The molecule has 1 aromatic carbocycles. The maximum atomic E-state index is 11.0. The number of carbonyl (C=O) groups is 1. The molecule has 0 heterocycles. The molecule has 0 spiro atoms. The van der Waals surface area contributed by atoms with E-state index in [-0.39, 0.29) is 0 Å². The number of hydrogen-bond donors (Lipinski definition) is 1. The van der Waals surface area contributed by atoms with Crippen molar-refractivity contribution in [3.63, 3.8) is 0 Å². The van der Waals surface area contributed by atoms with Crippen LogP contribution in [0.1, 0.15) is 38.2 Å². The number of allylic oxidation sites excluding steroid dienone is 2. The highest BCUT2D eigenvalue weighted by molar-refractivity contribution is 5.87. The van der Waals surface area contributed by atoms with Crippen LogP contribution in [0.5, 0.6) is 0 Å². The van der Waals surface area contributed by atoms with E-state index >= 15 is 0 Å². The summed E-state index contributed by atoms with van der Waals surface area (Å²) in [4.78, 5) is 11.0. The zero-order valence-corrected chi connectivity index (χ0v) is 10.8. The number of hydrogen-bond acceptors (Lipinski definition) is 1. The lowest BCUT2D eigenvalue weighted by atomic mass is 10.1. The fraction of sp³-hybridized carbons (Fsp3) is 0.312. The van der Waals surface area contributed by atoms with Crippen molar-refractivity contribution >= 4 is 12.0 Å². The summed E-state index contributed by atoms with van der Waals surface area (Å²) in [6, 6.07) is 9.86. The lowest BCUT2D eigenvalue weighted by Gasteiger charge is -2.00. The van der Waals surface area contributed by atoms with E-state index in [9.17, 15) is 4.79 Å². The first-order valence-corrected chi connectivity index (χ1v) is 6.39. The highest BCUT2D eigenvalue weighted by Gasteiger charge is 2.04. The Morgan fingerprint density at radius 3 is 2.56 bits per heavy atom. The van der Waals surface area contributed by atoms with Gasteiger partial charge in [0.05, 0.1) is 0 Å². The molecule has 2 heteroatoms. The van der Waals surface area contributed by atoms with Crippen LogP contribution in [0, 0.1) is 0 Å². The van der Waals surface area contributed by atoms with Gasteiger partial charge >= 0.3 is 5.97 Å². The molecule has 0 fully saturated rings. The molecule has 0 radical (unpaired) electrons. The Hall–Kier alpha value is -1.83. The number of carboxylic acid groups (broad SMARTS) is 1. The summed E-state index contributed by atoms with van der Waals surface area (Å²) in [5.41, 5.74) is 1.56. The van der Waals surface area contributed by atoms with Gasteiger partial charge in [0, 0.05) is 5.57 Å². The number of rotatable bonds is 7. The largest absolute Gasteiger partial charge is 0.478 e. The molecule has 0 unspecified atom stereocenters. The molecule has 1 aromatic rings. The van der Waals surface area contributed by atoms with Crippen molar-refractivity contribution in [3.05, 3.63) is 53.6 Å². The monoisotopic (exact) mass is 244 g/mol. The van der Waals surface area contributed by atoms with Crippen LogP contribution < -0.4 is 0 Å². The van der Waals surface area contributed by atoms with Crippen molar-refractivity contribution in [2.24, 2.45) is 0 Å². The predicted molar refractivity (Wildman–Crippen MR) is 75.3 cm³/mol. The molecule has 0 aliphatic rings. The summed E-state index contributed by atoms with van der Waals surface area (Å²) in [5.74, 6) is -0.816.